The summed E-state index contributed by atoms with van der Waals surface area (Å²) in [7, 11) is 0. The van der Waals surface area contributed by atoms with Crippen LogP contribution in [0.3, 0.4) is 0 Å². The Balaban J connectivity index is 1.61. The monoisotopic (exact) mass is 422 g/mol. The number of para-hydroxylation sites is 1. The molecule has 2 amide bonds. The lowest BCUT2D eigenvalue weighted by Gasteiger charge is -2.14. The zero-order chi connectivity index (χ0) is 21.1. The molecule has 0 atom stereocenters. The molecule has 150 valence electrons. The lowest BCUT2D eigenvalue weighted by molar-refractivity contribution is -0.117. The van der Waals surface area contributed by atoms with Gasteiger partial charge in [-0.05, 0) is 54.1 Å². The highest BCUT2D eigenvalue weighted by Gasteiger charge is 2.34. The van der Waals surface area contributed by atoms with Crippen LogP contribution in [-0.2, 0) is 16.2 Å². The molecule has 1 fully saturated rings. The largest absolute Gasteiger partial charge is 0.488 e. The number of anilines is 1. The Bertz CT molecular complexity index is 1130. The van der Waals surface area contributed by atoms with Crippen LogP contribution in [0.5, 0.6) is 5.75 Å². The summed E-state index contributed by atoms with van der Waals surface area (Å²) in [6.45, 7) is 0.189. The number of ether oxygens (including phenoxy) is 1. The van der Waals surface area contributed by atoms with Crippen molar-refractivity contribution in [3.8, 4) is 5.75 Å². The Kier molecular flexibility index (Phi) is 5.50. The van der Waals surface area contributed by atoms with E-state index in [0.717, 1.165) is 5.56 Å². The highest BCUT2D eigenvalue weighted by atomic mass is 35.5. The average Bonchev–Trinajstić information content (AvgIpc) is 3.03. The van der Waals surface area contributed by atoms with Gasteiger partial charge in [-0.25, -0.2) is 9.40 Å². The summed E-state index contributed by atoms with van der Waals surface area (Å²) < 4.78 is 18.9. The number of nitrogens with one attached hydrogen (secondary N) is 1. The van der Waals surface area contributed by atoms with Crippen LogP contribution in [0.2, 0.25) is 5.02 Å². The van der Waals surface area contributed by atoms with E-state index in [1.807, 2.05) is 6.07 Å². The van der Waals surface area contributed by atoms with Gasteiger partial charge in [0.15, 0.2) is 0 Å². The van der Waals surface area contributed by atoms with E-state index in [9.17, 15) is 14.0 Å². The van der Waals surface area contributed by atoms with Crippen molar-refractivity contribution in [3.05, 3.63) is 100 Å². The molecular formula is C23H16ClFN2O3. The van der Waals surface area contributed by atoms with Gasteiger partial charge in [0.2, 0.25) is 0 Å². The molecule has 0 unspecified atom stereocenters. The molecule has 7 heteroatoms. The van der Waals surface area contributed by atoms with Gasteiger partial charge in [0.05, 0.1) is 5.69 Å². The van der Waals surface area contributed by atoms with E-state index >= 15 is 0 Å². The molecule has 0 aliphatic carbocycles. The van der Waals surface area contributed by atoms with Crippen molar-refractivity contribution in [2.24, 2.45) is 0 Å². The standard InChI is InChI=1S/C23H16ClFN2O3/c24-17-8-11-21(30-14-15-6-9-18(25)10-7-15)16(12-17)13-20-22(28)26-27(23(20)29)19-4-2-1-3-5-19/h1-13H,14H2,(H,26,28)/b20-13+. The fourth-order valence-electron chi connectivity index (χ4n) is 2.98. The molecule has 1 N–H and O–H groups in total. The minimum Gasteiger partial charge on any atom is -0.488 e. The first-order valence-electron chi connectivity index (χ1n) is 9.10. The summed E-state index contributed by atoms with van der Waals surface area (Å²) in [6.07, 6.45) is 1.45. The van der Waals surface area contributed by atoms with Crippen molar-refractivity contribution in [1.29, 1.82) is 0 Å². The predicted octanol–water partition coefficient (Wildman–Crippen LogP) is 4.52. The van der Waals surface area contributed by atoms with Crippen LogP contribution in [-0.4, -0.2) is 11.8 Å². The highest BCUT2D eigenvalue weighted by Crippen LogP contribution is 2.28. The predicted molar refractivity (Wildman–Crippen MR) is 112 cm³/mol. The molecule has 1 aliphatic heterocycles. The number of benzene rings is 3. The van der Waals surface area contributed by atoms with Crippen molar-refractivity contribution < 1.29 is 18.7 Å². The van der Waals surface area contributed by atoms with Gasteiger partial charge in [0, 0.05) is 10.6 Å². The summed E-state index contributed by atoms with van der Waals surface area (Å²) in [5, 5.41) is 1.62. The number of hydrazine groups is 1. The number of carbonyl (C=O) groups excluding carboxylic acids is 2. The third-order valence-electron chi connectivity index (χ3n) is 4.49. The number of amides is 2. The Morgan fingerprint density at radius 3 is 2.47 bits per heavy atom. The molecule has 0 radical (unpaired) electrons. The molecule has 1 aliphatic rings. The van der Waals surface area contributed by atoms with Gasteiger partial charge in [-0.1, -0.05) is 41.9 Å². The molecule has 5 nitrogen and oxygen atoms in total. The van der Waals surface area contributed by atoms with E-state index in [0.29, 0.717) is 22.0 Å². The Morgan fingerprint density at radius 2 is 1.73 bits per heavy atom. The van der Waals surface area contributed by atoms with E-state index in [4.69, 9.17) is 16.3 Å². The Hall–Kier alpha value is -3.64. The summed E-state index contributed by atoms with van der Waals surface area (Å²) in [6, 6.07) is 19.7. The lowest BCUT2D eigenvalue weighted by Crippen LogP contribution is -2.35. The summed E-state index contributed by atoms with van der Waals surface area (Å²) >= 11 is 6.11. The minimum atomic E-state index is -0.520. The quantitative estimate of drug-likeness (QED) is 0.486. The fraction of sp³-hybridized carbons (Fsp3) is 0.0435. The summed E-state index contributed by atoms with van der Waals surface area (Å²) in [5.41, 5.74) is 4.33. The van der Waals surface area contributed by atoms with Gasteiger partial charge >= 0.3 is 0 Å². The van der Waals surface area contributed by atoms with E-state index in [-0.39, 0.29) is 18.0 Å². The molecule has 3 aromatic rings. The first-order chi connectivity index (χ1) is 14.5. The molecule has 3 aromatic carbocycles. The van der Waals surface area contributed by atoms with Crippen molar-refractivity contribution in [3.63, 3.8) is 0 Å². The van der Waals surface area contributed by atoms with Crippen LogP contribution in [0.15, 0.2) is 78.4 Å². The van der Waals surface area contributed by atoms with Gasteiger partial charge in [-0.15, -0.1) is 0 Å². The maximum Gasteiger partial charge on any atom is 0.282 e. The molecule has 0 saturated carbocycles. The molecule has 4 rings (SSSR count). The van der Waals surface area contributed by atoms with Gasteiger partial charge in [0.25, 0.3) is 11.8 Å². The van der Waals surface area contributed by atoms with Crippen LogP contribution < -0.4 is 15.2 Å². The number of hydrogen-bond acceptors (Lipinski definition) is 3. The summed E-state index contributed by atoms with van der Waals surface area (Å²) in [5.74, 6) is -0.886. The van der Waals surface area contributed by atoms with Crippen LogP contribution in [0.1, 0.15) is 11.1 Å². The maximum absolute atomic E-state index is 13.1. The van der Waals surface area contributed by atoms with Gasteiger partial charge < -0.3 is 4.74 Å². The smallest absolute Gasteiger partial charge is 0.282 e. The van der Waals surface area contributed by atoms with Crippen molar-refractivity contribution in [2.45, 2.75) is 6.61 Å². The summed E-state index contributed by atoms with van der Waals surface area (Å²) in [4.78, 5) is 25.2. The average molecular weight is 423 g/mol. The minimum absolute atomic E-state index is 0.0345. The first kappa shape index (κ1) is 19.7. The fourth-order valence-corrected chi connectivity index (χ4v) is 3.16. The van der Waals surface area contributed by atoms with Gasteiger partial charge in [0.1, 0.15) is 23.7 Å². The Labute approximate surface area is 177 Å². The van der Waals surface area contributed by atoms with Crippen molar-refractivity contribution >= 4 is 35.2 Å². The Morgan fingerprint density at radius 1 is 1.00 bits per heavy atom. The first-order valence-corrected chi connectivity index (χ1v) is 9.48. The van der Waals surface area contributed by atoms with Crippen LogP contribution in [0, 0.1) is 5.82 Å². The van der Waals surface area contributed by atoms with Gasteiger partial charge in [-0.2, -0.15) is 0 Å². The zero-order valence-electron chi connectivity index (χ0n) is 15.6. The molecule has 0 spiro atoms. The van der Waals surface area contributed by atoms with Gasteiger partial charge in [-0.3, -0.25) is 15.0 Å². The second-order valence-corrected chi connectivity index (χ2v) is 7.01. The van der Waals surface area contributed by atoms with E-state index in [1.54, 1.807) is 54.6 Å². The molecule has 1 heterocycles. The third-order valence-corrected chi connectivity index (χ3v) is 4.72. The third kappa shape index (κ3) is 4.18. The molecule has 1 saturated heterocycles. The SMILES string of the molecule is O=C1NN(c2ccccc2)C(=O)/C1=C/c1cc(Cl)ccc1OCc1ccc(F)cc1. The normalized spacial score (nSPS) is 14.9. The molecule has 0 aromatic heterocycles. The number of nitrogens with zero attached hydrogens (tertiary/aromatic N) is 1. The number of halogens is 2. The topological polar surface area (TPSA) is 58.6 Å². The van der Waals surface area contributed by atoms with Crippen molar-refractivity contribution in [1.82, 2.24) is 5.43 Å². The van der Waals surface area contributed by atoms with E-state index < -0.39 is 11.8 Å². The van der Waals surface area contributed by atoms with E-state index in [1.165, 1.54) is 23.2 Å². The highest BCUT2D eigenvalue weighted by molar-refractivity contribution is 6.32. The van der Waals surface area contributed by atoms with Crippen LogP contribution in [0.4, 0.5) is 10.1 Å². The number of carbonyl (C=O) groups is 2. The van der Waals surface area contributed by atoms with E-state index in [2.05, 4.69) is 5.43 Å². The second kappa shape index (κ2) is 8.39. The van der Waals surface area contributed by atoms with Crippen LogP contribution in [0.25, 0.3) is 6.08 Å². The zero-order valence-corrected chi connectivity index (χ0v) is 16.4. The second-order valence-electron chi connectivity index (χ2n) is 6.57. The van der Waals surface area contributed by atoms with Crippen molar-refractivity contribution in [2.75, 3.05) is 5.01 Å². The molecule has 0 bridgehead atoms. The lowest BCUT2D eigenvalue weighted by atomic mass is 10.1. The number of rotatable bonds is 5. The van der Waals surface area contributed by atoms with Crippen LogP contribution >= 0.6 is 11.6 Å². The molecule has 30 heavy (non-hydrogen) atoms. The maximum atomic E-state index is 13.1. The molecular weight excluding hydrogens is 407 g/mol. The number of hydrogen-bond donors (Lipinski definition) is 1.